The van der Waals surface area contributed by atoms with Crippen molar-refractivity contribution in [2.75, 3.05) is 4.90 Å². The molecule has 2 aliphatic carbocycles. The Morgan fingerprint density at radius 2 is 1.43 bits per heavy atom. The molecule has 112 valence electrons. The van der Waals surface area contributed by atoms with Crippen molar-refractivity contribution in [2.24, 2.45) is 0 Å². The molecular formula is C19H26N2. The van der Waals surface area contributed by atoms with Crippen LogP contribution in [0.25, 0.3) is 0 Å². The van der Waals surface area contributed by atoms with E-state index in [1.54, 1.807) is 0 Å². The van der Waals surface area contributed by atoms with Gasteiger partial charge in [0.1, 0.15) is 0 Å². The molecule has 0 saturated heterocycles. The zero-order chi connectivity index (χ0) is 14.5. The lowest BCUT2D eigenvalue weighted by molar-refractivity contribution is 0.340. The summed E-state index contributed by atoms with van der Waals surface area (Å²) in [6.07, 6.45) is 13.6. The summed E-state index contributed by atoms with van der Waals surface area (Å²) in [6.45, 7) is 0. The Balaban J connectivity index is 1.88. The van der Waals surface area contributed by atoms with Gasteiger partial charge < -0.3 is 4.90 Å². The summed E-state index contributed by atoms with van der Waals surface area (Å²) in [5.74, 6) is 0. The van der Waals surface area contributed by atoms with Crippen molar-refractivity contribution >= 4 is 5.69 Å². The Hall–Kier alpha value is -1.49. The van der Waals surface area contributed by atoms with Crippen molar-refractivity contribution < 1.29 is 0 Å². The van der Waals surface area contributed by atoms with E-state index >= 15 is 0 Å². The predicted octanol–water partition coefficient (Wildman–Crippen LogP) is 5.03. The third-order valence-electron chi connectivity index (χ3n) is 5.21. The van der Waals surface area contributed by atoms with Gasteiger partial charge in [-0.15, -0.1) is 0 Å². The van der Waals surface area contributed by atoms with Crippen LogP contribution >= 0.6 is 0 Å². The first-order valence-electron chi connectivity index (χ1n) is 8.67. The van der Waals surface area contributed by atoms with E-state index in [0.29, 0.717) is 12.1 Å². The second-order valence-corrected chi connectivity index (χ2v) is 6.65. The molecule has 0 aliphatic heterocycles. The molecular weight excluding hydrogens is 256 g/mol. The van der Waals surface area contributed by atoms with Crippen LogP contribution < -0.4 is 4.90 Å². The average molecular weight is 282 g/mol. The summed E-state index contributed by atoms with van der Waals surface area (Å²) in [5, 5.41) is 9.20. The van der Waals surface area contributed by atoms with Gasteiger partial charge in [0.25, 0.3) is 0 Å². The second-order valence-electron chi connectivity index (χ2n) is 6.65. The molecule has 0 amide bonds. The van der Waals surface area contributed by atoms with Crippen LogP contribution in [0.3, 0.4) is 0 Å². The maximum Gasteiger partial charge on any atom is 0.0992 e. The molecule has 0 unspecified atom stereocenters. The maximum absolute atomic E-state index is 9.20. The molecule has 2 fully saturated rings. The van der Waals surface area contributed by atoms with Crippen molar-refractivity contribution in [3.05, 3.63) is 29.8 Å². The molecule has 0 spiro atoms. The first kappa shape index (κ1) is 14.4. The number of hydrogen-bond acceptors (Lipinski definition) is 2. The summed E-state index contributed by atoms with van der Waals surface area (Å²) in [7, 11) is 0. The van der Waals surface area contributed by atoms with Crippen molar-refractivity contribution in [2.45, 2.75) is 76.3 Å². The third-order valence-corrected chi connectivity index (χ3v) is 5.21. The fraction of sp³-hybridized carbons (Fsp3) is 0.632. The van der Waals surface area contributed by atoms with E-state index in [9.17, 15) is 5.26 Å². The minimum atomic E-state index is 0.691. The van der Waals surface area contributed by atoms with E-state index in [0.717, 1.165) is 5.56 Å². The summed E-state index contributed by atoms with van der Waals surface area (Å²) in [4.78, 5) is 2.69. The number of rotatable bonds is 3. The average Bonchev–Trinajstić information content (AvgIpc) is 2.57. The fourth-order valence-corrected chi connectivity index (χ4v) is 4.17. The molecule has 3 rings (SSSR count). The van der Waals surface area contributed by atoms with E-state index in [-0.39, 0.29) is 0 Å². The zero-order valence-electron chi connectivity index (χ0n) is 12.9. The fourth-order valence-electron chi connectivity index (χ4n) is 4.17. The highest BCUT2D eigenvalue weighted by Gasteiger charge is 2.29. The van der Waals surface area contributed by atoms with E-state index in [2.05, 4.69) is 23.1 Å². The SMILES string of the molecule is N#Cc1cccc(N(C2CCCCC2)C2CCCCC2)c1. The Kier molecular flexibility index (Phi) is 4.80. The Morgan fingerprint density at radius 1 is 0.857 bits per heavy atom. The van der Waals surface area contributed by atoms with Gasteiger partial charge in [0.15, 0.2) is 0 Å². The van der Waals surface area contributed by atoms with Gasteiger partial charge in [0.2, 0.25) is 0 Å². The quantitative estimate of drug-likeness (QED) is 0.777. The maximum atomic E-state index is 9.20. The number of hydrogen-bond donors (Lipinski definition) is 0. The number of nitriles is 1. The molecule has 1 aromatic carbocycles. The minimum absolute atomic E-state index is 0.691. The van der Waals surface area contributed by atoms with Gasteiger partial charge in [0.05, 0.1) is 11.6 Å². The van der Waals surface area contributed by atoms with Gasteiger partial charge in [-0.2, -0.15) is 5.26 Å². The molecule has 0 N–H and O–H groups in total. The monoisotopic (exact) mass is 282 g/mol. The lowest BCUT2D eigenvalue weighted by atomic mass is 9.88. The Morgan fingerprint density at radius 3 is 1.95 bits per heavy atom. The normalized spacial score (nSPS) is 20.9. The zero-order valence-corrected chi connectivity index (χ0v) is 12.9. The first-order valence-corrected chi connectivity index (χ1v) is 8.67. The van der Waals surface area contributed by atoms with Crippen LogP contribution in [0.1, 0.15) is 69.8 Å². The predicted molar refractivity (Wildman–Crippen MR) is 87.4 cm³/mol. The molecule has 0 aromatic heterocycles. The van der Waals surface area contributed by atoms with E-state index < -0.39 is 0 Å². The molecule has 21 heavy (non-hydrogen) atoms. The summed E-state index contributed by atoms with van der Waals surface area (Å²) >= 11 is 0. The molecule has 2 heteroatoms. The minimum Gasteiger partial charge on any atom is -0.366 e. The highest BCUT2D eigenvalue weighted by Crippen LogP contribution is 2.34. The Bertz CT molecular complexity index is 473. The van der Waals surface area contributed by atoms with Crippen molar-refractivity contribution in [1.82, 2.24) is 0 Å². The van der Waals surface area contributed by atoms with Crippen LogP contribution in [0, 0.1) is 11.3 Å². The first-order chi connectivity index (χ1) is 10.4. The largest absolute Gasteiger partial charge is 0.366 e. The third kappa shape index (κ3) is 3.40. The van der Waals surface area contributed by atoms with Gasteiger partial charge in [0, 0.05) is 17.8 Å². The molecule has 0 bridgehead atoms. The molecule has 0 heterocycles. The summed E-state index contributed by atoms with van der Waals surface area (Å²) in [6, 6.07) is 12.0. The highest BCUT2D eigenvalue weighted by molar-refractivity contribution is 5.53. The molecule has 2 saturated carbocycles. The molecule has 1 aromatic rings. The van der Waals surface area contributed by atoms with Crippen molar-refractivity contribution in [3.63, 3.8) is 0 Å². The van der Waals surface area contributed by atoms with Crippen LogP contribution in [0.4, 0.5) is 5.69 Å². The number of nitrogens with zero attached hydrogens (tertiary/aromatic N) is 2. The van der Waals surface area contributed by atoms with Gasteiger partial charge in [-0.1, -0.05) is 44.6 Å². The van der Waals surface area contributed by atoms with E-state index in [1.807, 2.05) is 12.1 Å². The van der Waals surface area contributed by atoms with Crippen LogP contribution in [-0.2, 0) is 0 Å². The molecule has 2 aliphatic rings. The lowest BCUT2D eigenvalue weighted by Gasteiger charge is -2.43. The second kappa shape index (κ2) is 6.98. The van der Waals surface area contributed by atoms with Gasteiger partial charge >= 0.3 is 0 Å². The van der Waals surface area contributed by atoms with E-state index in [1.165, 1.54) is 69.9 Å². The molecule has 2 nitrogen and oxygen atoms in total. The topological polar surface area (TPSA) is 27.0 Å². The molecule has 0 radical (unpaired) electrons. The van der Waals surface area contributed by atoms with Gasteiger partial charge in [-0.3, -0.25) is 0 Å². The smallest absolute Gasteiger partial charge is 0.0992 e. The van der Waals surface area contributed by atoms with Crippen LogP contribution in [0.15, 0.2) is 24.3 Å². The van der Waals surface area contributed by atoms with Crippen LogP contribution in [-0.4, -0.2) is 12.1 Å². The van der Waals surface area contributed by atoms with Gasteiger partial charge in [-0.05, 0) is 43.9 Å². The standard InChI is InChI=1S/C19H26N2/c20-15-16-8-7-13-19(14-16)21(17-9-3-1-4-10-17)18-11-5-2-6-12-18/h7-8,13-14,17-18H,1-6,9-12H2. The lowest BCUT2D eigenvalue weighted by Crippen LogP contribution is -2.45. The number of benzene rings is 1. The molecule has 0 atom stereocenters. The van der Waals surface area contributed by atoms with Crippen molar-refractivity contribution in [3.8, 4) is 6.07 Å². The number of anilines is 1. The summed E-state index contributed by atoms with van der Waals surface area (Å²) in [5.41, 5.74) is 2.08. The van der Waals surface area contributed by atoms with Crippen LogP contribution in [0.2, 0.25) is 0 Å². The summed E-state index contributed by atoms with van der Waals surface area (Å²) < 4.78 is 0. The highest BCUT2D eigenvalue weighted by atomic mass is 15.2. The van der Waals surface area contributed by atoms with Crippen molar-refractivity contribution in [1.29, 1.82) is 5.26 Å². The Labute approximate surface area is 128 Å². The van der Waals surface area contributed by atoms with Crippen LogP contribution in [0.5, 0.6) is 0 Å². The van der Waals surface area contributed by atoms with E-state index in [4.69, 9.17) is 0 Å². The van der Waals surface area contributed by atoms with Gasteiger partial charge in [-0.25, -0.2) is 0 Å².